The molecule has 0 fully saturated rings. The monoisotopic (exact) mass is 520 g/mol. The maximum atomic E-state index is 13.3. The van der Waals surface area contributed by atoms with Crippen molar-refractivity contribution in [3.63, 3.8) is 0 Å². The average Bonchev–Trinajstić information content (AvgIpc) is 3.37. The molecule has 1 aliphatic heterocycles. The SMILES string of the molecule is CC1=C(C(=O)Nc2ccccc2)C(c2cccs2)C(C#N)C(SCC(=O)Nc2cccc(Cl)c2)=N1. The quantitative estimate of drug-likeness (QED) is 0.397. The van der Waals surface area contributed by atoms with E-state index in [9.17, 15) is 14.9 Å². The first-order valence-corrected chi connectivity index (χ1v) is 13.0. The second-order valence-corrected chi connectivity index (χ2v) is 10.1. The molecule has 4 rings (SSSR count). The highest BCUT2D eigenvalue weighted by Gasteiger charge is 2.39. The summed E-state index contributed by atoms with van der Waals surface area (Å²) < 4.78 is 0. The van der Waals surface area contributed by atoms with Crippen molar-refractivity contribution in [2.75, 3.05) is 16.4 Å². The number of para-hydroxylation sites is 1. The molecule has 1 aromatic heterocycles. The summed E-state index contributed by atoms with van der Waals surface area (Å²) in [7, 11) is 0. The van der Waals surface area contributed by atoms with Crippen LogP contribution in [0.3, 0.4) is 0 Å². The van der Waals surface area contributed by atoms with Gasteiger partial charge in [0.2, 0.25) is 5.91 Å². The van der Waals surface area contributed by atoms with Gasteiger partial charge in [-0.25, -0.2) is 4.99 Å². The molecule has 2 aromatic carbocycles. The molecule has 35 heavy (non-hydrogen) atoms. The largest absolute Gasteiger partial charge is 0.325 e. The normalized spacial score (nSPS) is 17.3. The molecule has 0 saturated heterocycles. The first-order valence-electron chi connectivity index (χ1n) is 10.7. The molecule has 2 N–H and O–H groups in total. The Bertz CT molecular complexity index is 1330. The predicted octanol–water partition coefficient (Wildman–Crippen LogP) is 6.32. The molecule has 0 spiro atoms. The Kier molecular flexibility index (Phi) is 8.03. The zero-order chi connectivity index (χ0) is 24.8. The first-order chi connectivity index (χ1) is 17.0. The molecular formula is C26H21ClN4O2S2. The minimum Gasteiger partial charge on any atom is -0.325 e. The summed E-state index contributed by atoms with van der Waals surface area (Å²) in [6, 6.07) is 22.2. The zero-order valence-electron chi connectivity index (χ0n) is 18.7. The highest BCUT2D eigenvalue weighted by atomic mass is 35.5. The molecule has 2 unspecified atom stereocenters. The molecule has 0 aliphatic carbocycles. The number of amides is 2. The molecule has 2 amide bonds. The summed E-state index contributed by atoms with van der Waals surface area (Å²) in [5.74, 6) is -1.64. The number of aliphatic imine (C=N–C) groups is 1. The standard InChI is InChI=1S/C26H21ClN4O2S2/c1-16-23(25(33)31-18-8-3-2-4-9-18)24(21-11-6-12-34-21)20(14-28)26(29-16)35-15-22(32)30-19-10-5-7-17(27)13-19/h2-13,20,24H,15H2,1H3,(H,30,32)(H,31,33). The Labute approximate surface area is 216 Å². The lowest BCUT2D eigenvalue weighted by Crippen LogP contribution is -2.31. The highest BCUT2D eigenvalue weighted by molar-refractivity contribution is 8.14. The Morgan fingerprint density at radius 3 is 2.54 bits per heavy atom. The molecular weight excluding hydrogens is 500 g/mol. The van der Waals surface area contributed by atoms with Gasteiger partial charge in [0.1, 0.15) is 5.92 Å². The van der Waals surface area contributed by atoms with Gasteiger partial charge in [0.25, 0.3) is 5.91 Å². The van der Waals surface area contributed by atoms with E-state index in [0.717, 1.165) is 4.88 Å². The van der Waals surface area contributed by atoms with Gasteiger partial charge in [0.15, 0.2) is 0 Å². The third-order valence-corrected chi connectivity index (χ3v) is 7.54. The molecule has 0 radical (unpaired) electrons. The van der Waals surface area contributed by atoms with E-state index in [1.807, 2.05) is 47.8 Å². The topological polar surface area (TPSA) is 94.4 Å². The Balaban J connectivity index is 1.59. The molecule has 1 aliphatic rings. The maximum Gasteiger partial charge on any atom is 0.254 e. The average molecular weight is 521 g/mol. The second-order valence-electron chi connectivity index (χ2n) is 7.72. The van der Waals surface area contributed by atoms with Gasteiger partial charge in [0, 0.05) is 38.5 Å². The van der Waals surface area contributed by atoms with Crippen LogP contribution < -0.4 is 10.6 Å². The smallest absolute Gasteiger partial charge is 0.254 e. The number of nitriles is 1. The lowest BCUT2D eigenvalue weighted by molar-refractivity contribution is -0.114. The Hall–Kier alpha value is -3.38. The van der Waals surface area contributed by atoms with E-state index < -0.39 is 11.8 Å². The number of anilines is 2. The molecule has 3 aromatic rings. The van der Waals surface area contributed by atoms with Gasteiger partial charge in [-0.15, -0.1) is 11.3 Å². The van der Waals surface area contributed by atoms with E-state index in [0.29, 0.717) is 32.7 Å². The fraction of sp³-hybridized carbons (Fsp3) is 0.154. The van der Waals surface area contributed by atoms with Gasteiger partial charge in [-0.1, -0.05) is 53.7 Å². The van der Waals surface area contributed by atoms with Crippen molar-refractivity contribution < 1.29 is 9.59 Å². The van der Waals surface area contributed by atoms with Crippen LogP contribution in [0.5, 0.6) is 0 Å². The van der Waals surface area contributed by atoms with Crippen LogP contribution in [0.1, 0.15) is 17.7 Å². The molecule has 2 heterocycles. The third kappa shape index (κ3) is 6.01. The number of carbonyl (C=O) groups is 2. The van der Waals surface area contributed by atoms with Crippen LogP contribution in [-0.2, 0) is 9.59 Å². The first kappa shape index (κ1) is 24.7. The van der Waals surface area contributed by atoms with Crippen LogP contribution >= 0.6 is 34.7 Å². The van der Waals surface area contributed by atoms with E-state index in [1.54, 1.807) is 31.2 Å². The number of benzene rings is 2. The lowest BCUT2D eigenvalue weighted by Gasteiger charge is -2.29. The minimum absolute atomic E-state index is 0.0690. The number of thiophene rings is 1. The summed E-state index contributed by atoms with van der Waals surface area (Å²) in [5.41, 5.74) is 2.24. The third-order valence-electron chi connectivity index (χ3n) is 5.30. The summed E-state index contributed by atoms with van der Waals surface area (Å²) in [6.07, 6.45) is 0. The van der Waals surface area contributed by atoms with Crippen molar-refractivity contribution in [3.05, 3.63) is 93.3 Å². The summed E-state index contributed by atoms with van der Waals surface area (Å²) in [4.78, 5) is 31.4. The van der Waals surface area contributed by atoms with Crippen LogP contribution in [0.15, 0.2) is 88.4 Å². The van der Waals surface area contributed by atoms with Crippen LogP contribution in [0.4, 0.5) is 11.4 Å². The van der Waals surface area contributed by atoms with Gasteiger partial charge in [-0.3, -0.25) is 9.59 Å². The number of carbonyl (C=O) groups excluding carboxylic acids is 2. The number of thioether (sulfide) groups is 1. The van der Waals surface area contributed by atoms with E-state index >= 15 is 0 Å². The number of allylic oxidation sites excluding steroid dienone is 1. The van der Waals surface area contributed by atoms with Gasteiger partial charge < -0.3 is 10.6 Å². The number of hydrogen-bond acceptors (Lipinski definition) is 6. The van der Waals surface area contributed by atoms with Gasteiger partial charge in [-0.05, 0) is 48.7 Å². The number of nitrogens with zero attached hydrogens (tertiary/aromatic N) is 2. The summed E-state index contributed by atoms with van der Waals surface area (Å²) >= 11 is 8.68. The van der Waals surface area contributed by atoms with Crippen molar-refractivity contribution in [1.29, 1.82) is 5.26 Å². The lowest BCUT2D eigenvalue weighted by atomic mass is 9.82. The molecule has 0 bridgehead atoms. The van der Waals surface area contributed by atoms with Crippen molar-refractivity contribution in [2.24, 2.45) is 10.9 Å². The molecule has 0 saturated carbocycles. The Morgan fingerprint density at radius 2 is 1.86 bits per heavy atom. The minimum atomic E-state index is -0.696. The van der Waals surface area contributed by atoms with E-state index in [1.165, 1.54) is 23.1 Å². The fourth-order valence-electron chi connectivity index (χ4n) is 3.78. The number of hydrogen-bond donors (Lipinski definition) is 2. The van der Waals surface area contributed by atoms with Gasteiger partial charge in [-0.2, -0.15) is 5.26 Å². The van der Waals surface area contributed by atoms with Crippen LogP contribution in [0.25, 0.3) is 0 Å². The molecule has 2 atom stereocenters. The zero-order valence-corrected chi connectivity index (χ0v) is 21.1. The fourth-order valence-corrected chi connectivity index (χ4v) is 5.77. The summed E-state index contributed by atoms with van der Waals surface area (Å²) in [5, 5.41) is 18.8. The number of rotatable bonds is 6. The van der Waals surface area contributed by atoms with Crippen LogP contribution in [0, 0.1) is 17.2 Å². The van der Waals surface area contributed by atoms with E-state index in [2.05, 4.69) is 21.7 Å². The van der Waals surface area contributed by atoms with Crippen LogP contribution in [0.2, 0.25) is 5.02 Å². The van der Waals surface area contributed by atoms with E-state index in [4.69, 9.17) is 11.6 Å². The second kappa shape index (κ2) is 11.4. The molecule has 9 heteroatoms. The van der Waals surface area contributed by atoms with Crippen molar-refractivity contribution >= 4 is 62.9 Å². The summed E-state index contributed by atoms with van der Waals surface area (Å²) in [6.45, 7) is 1.76. The van der Waals surface area contributed by atoms with Gasteiger partial charge >= 0.3 is 0 Å². The maximum absolute atomic E-state index is 13.3. The molecule has 176 valence electrons. The van der Waals surface area contributed by atoms with Gasteiger partial charge in [0.05, 0.1) is 16.9 Å². The highest BCUT2D eigenvalue weighted by Crippen LogP contribution is 2.43. The van der Waals surface area contributed by atoms with Crippen molar-refractivity contribution in [3.8, 4) is 6.07 Å². The Morgan fingerprint density at radius 1 is 1.09 bits per heavy atom. The number of nitrogens with one attached hydrogen (secondary N) is 2. The predicted molar refractivity (Wildman–Crippen MR) is 144 cm³/mol. The molecule has 6 nitrogen and oxygen atoms in total. The van der Waals surface area contributed by atoms with E-state index in [-0.39, 0.29) is 17.6 Å². The van der Waals surface area contributed by atoms with Crippen molar-refractivity contribution in [2.45, 2.75) is 12.8 Å². The van der Waals surface area contributed by atoms with Crippen LogP contribution in [-0.4, -0.2) is 22.6 Å². The van der Waals surface area contributed by atoms with Crippen molar-refractivity contribution in [1.82, 2.24) is 0 Å². The number of halogens is 1.